The molecule has 4 aromatic rings. The van der Waals surface area contributed by atoms with Crippen molar-refractivity contribution in [3.05, 3.63) is 48.4 Å². The van der Waals surface area contributed by atoms with E-state index in [0.29, 0.717) is 35.2 Å². The molecule has 0 saturated carbocycles. The summed E-state index contributed by atoms with van der Waals surface area (Å²) < 4.78 is 22.9. The molecule has 206 valence electrons. The van der Waals surface area contributed by atoms with Gasteiger partial charge in [-0.05, 0) is 73.5 Å². The molecule has 8 nitrogen and oxygen atoms in total. The number of ether oxygens (including phenoxy) is 1. The first-order chi connectivity index (χ1) is 19.6. The van der Waals surface area contributed by atoms with Gasteiger partial charge in [0.2, 0.25) is 0 Å². The molecule has 2 aromatic carbocycles. The molecule has 2 atom stereocenters. The maximum absolute atomic E-state index is 16.5. The molecule has 4 aliphatic rings. The van der Waals surface area contributed by atoms with Gasteiger partial charge in [0.15, 0.2) is 5.82 Å². The maximum Gasteiger partial charge on any atom is 0.319 e. The standard InChI is InChI=1S/C31H33FN6O2/c32-26-27(24-12-22(39)11-19-5-1-2-6-23(19)24)34-15-25-28(26)35-30(40-18-31-7-3-9-38(31)10-4-8-31)36-29(25)37-16-20-13-33-14-21(20)17-37/h1-2,5-6,11-12,15,20-21,33,39H,3-4,7-10,13-14,16-18H2. The summed E-state index contributed by atoms with van der Waals surface area (Å²) >= 11 is 0. The third-order valence-corrected chi connectivity index (χ3v) is 9.72. The van der Waals surface area contributed by atoms with Crippen molar-refractivity contribution in [3.63, 3.8) is 0 Å². The summed E-state index contributed by atoms with van der Waals surface area (Å²) in [6.45, 7) is 6.45. The van der Waals surface area contributed by atoms with Crippen LogP contribution in [-0.4, -0.2) is 76.4 Å². The van der Waals surface area contributed by atoms with Crippen LogP contribution in [-0.2, 0) is 0 Å². The van der Waals surface area contributed by atoms with Gasteiger partial charge in [0, 0.05) is 37.9 Å². The fraction of sp³-hybridized carbons (Fsp3) is 0.452. The quantitative estimate of drug-likeness (QED) is 0.387. The van der Waals surface area contributed by atoms with E-state index in [1.54, 1.807) is 18.3 Å². The Balaban J connectivity index is 1.25. The number of anilines is 1. The predicted molar refractivity (Wildman–Crippen MR) is 152 cm³/mol. The van der Waals surface area contributed by atoms with Crippen LogP contribution < -0.4 is 15.0 Å². The number of fused-ring (bicyclic) bond motifs is 4. The molecule has 2 unspecified atom stereocenters. The number of halogens is 1. The second-order valence-electron chi connectivity index (χ2n) is 12.0. The fourth-order valence-electron chi connectivity index (χ4n) is 7.69. The molecule has 4 aliphatic heterocycles. The third kappa shape index (κ3) is 3.82. The average Bonchev–Trinajstić information content (AvgIpc) is 3.73. The van der Waals surface area contributed by atoms with E-state index in [0.717, 1.165) is 62.9 Å². The molecule has 40 heavy (non-hydrogen) atoms. The van der Waals surface area contributed by atoms with Gasteiger partial charge in [-0.1, -0.05) is 24.3 Å². The van der Waals surface area contributed by atoms with Gasteiger partial charge < -0.3 is 20.1 Å². The van der Waals surface area contributed by atoms with Crippen molar-refractivity contribution >= 4 is 27.5 Å². The third-order valence-electron chi connectivity index (χ3n) is 9.72. The SMILES string of the molecule is Oc1cc(-c2ncc3c(N4CC5CNCC5C4)nc(OCC45CCCN4CCC5)nc3c2F)c2ccccc2c1. The van der Waals surface area contributed by atoms with Crippen LogP contribution in [0.4, 0.5) is 10.2 Å². The van der Waals surface area contributed by atoms with Crippen LogP contribution in [0.2, 0.25) is 0 Å². The van der Waals surface area contributed by atoms with E-state index in [1.165, 1.54) is 12.8 Å². The lowest BCUT2D eigenvalue weighted by Gasteiger charge is -2.31. The van der Waals surface area contributed by atoms with E-state index in [-0.39, 0.29) is 28.5 Å². The highest BCUT2D eigenvalue weighted by atomic mass is 19.1. The van der Waals surface area contributed by atoms with Crippen molar-refractivity contribution in [2.75, 3.05) is 50.8 Å². The van der Waals surface area contributed by atoms with Gasteiger partial charge in [-0.25, -0.2) is 4.39 Å². The van der Waals surface area contributed by atoms with Crippen molar-refractivity contribution in [3.8, 4) is 23.0 Å². The minimum absolute atomic E-state index is 0.0389. The highest BCUT2D eigenvalue weighted by molar-refractivity contribution is 5.99. The Kier molecular flexibility index (Phi) is 5.60. The molecule has 2 aromatic heterocycles. The van der Waals surface area contributed by atoms with Crippen LogP contribution in [0.3, 0.4) is 0 Å². The summed E-state index contributed by atoms with van der Waals surface area (Å²) in [7, 11) is 0. The van der Waals surface area contributed by atoms with E-state index in [4.69, 9.17) is 9.72 Å². The van der Waals surface area contributed by atoms with E-state index in [2.05, 4.69) is 25.1 Å². The van der Waals surface area contributed by atoms with Crippen LogP contribution in [0.5, 0.6) is 11.8 Å². The summed E-state index contributed by atoms with van der Waals surface area (Å²) in [6.07, 6.45) is 6.27. The summed E-state index contributed by atoms with van der Waals surface area (Å²) in [6, 6.07) is 11.1. The van der Waals surface area contributed by atoms with Crippen molar-refractivity contribution < 1.29 is 14.2 Å². The lowest BCUT2D eigenvalue weighted by molar-refractivity contribution is 0.108. The summed E-state index contributed by atoms with van der Waals surface area (Å²) in [5, 5.41) is 16.1. The molecule has 0 amide bonds. The number of phenols is 1. The number of rotatable bonds is 5. The van der Waals surface area contributed by atoms with Crippen LogP contribution >= 0.6 is 0 Å². The van der Waals surface area contributed by atoms with Crippen molar-refractivity contribution in [2.24, 2.45) is 11.8 Å². The first-order valence-corrected chi connectivity index (χ1v) is 14.5. The smallest absolute Gasteiger partial charge is 0.319 e. The normalized spacial score (nSPS) is 23.8. The highest BCUT2D eigenvalue weighted by Gasteiger charge is 2.45. The van der Waals surface area contributed by atoms with Crippen LogP contribution in [0.15, 0.2) is 42.6 Å². The number of nitrogens with one attached hydrogen (secondary N) is 1. The number of pyridine rings is 1. The minimum atomic E-state index is -0.524. The van der Waals surface area contributed by atoms with E-state index in [1.807, 2.05) is 24.3 Å². The summed E-state index contributed by atoms with van der Waals surface area (Å²) in [5.74, 6) is 1.34. The molecule has 6 heterocycles. The number of benzene rings is 2. The molecule has 4 saturated heterocycles. The lowest BCUT2D eigenvalue weighted by atomic mass is 9.95. The van der Waals surface area contributed by atoms with Gasteiger partial charge >= 0.3 is 6.01 Å². The first-order valence-electron chi connectivity index (χ1n) is 14.5. The zero-order valence-corrected chi connectivity index (χ0v) is 22.4. The molecule has 0 aliphatic carbocycles. The van der Waals surface area contributed by atoms with Crippen molar-refractivity contribution in [1.29, 1.82) is 0 Å². The van der Waals surface area contributed by atoms with Crippen LogP contribution in [0.25, 0.3) is 32.9 Å². The van der Waals surface area contributed by atoms with Crippen molar-refractivity contribution in [2.45, 2.75) is 31.2 Å². The molecule has 0 bridgehead atoms. The van der Waals surface area contributed by atoms with Gasteiger partial charge in [0.05, 0.1) is 10.9 Å². The second kappa shape index (κ2) is 9.24. The Morgan fingerprint density at radius 1 is 1.02 bits per heavy atom. The van der Waals surface area contributed by atoms with Gasteiger partial charge in [-0.3, -0.25) is 9.88 Å². The number of aromatic nitrogens is 3. The van der Waals surface area contributed by atoms with Crippen LogP contribution in [0.1, 0.15) is 25.7 Å². The molecular formula is C31H33FN6O2. The summed E-state index contributed by atoms with van der Waals surface area (Å²) in [4.78, 5) is 19.0. The Morgan fingerprint density at radius 3 is 2.60 bits per heavy atom. The zero-order chi connectivity index (χ0) is 26.8. The maximum atomic E-state index is 16.5. The zero-order valence-electron chi connectivity index (χ0n) is 22.4. The van der Waals surface area contributed by atoms with Gasteiger partial charge in [0.1, 0.15) is 29.4 Å². The van der Waals surface area contributed by atoms with E-state index < -0.39 is 5.82 Å². The fourth-order valence-corrected chi connectivity index (χ4v) is 7.69. The highest BCUT2D eigenvalue weighted by Crippen LogP contribution is 2.41. The number of aromatic hydroxyl groups is 1. The van der Waals surface area contributed by atoms with E-state index in [9.17, 15) is 5.11 Å². The van der Waals surface area contributed by atoms with Gasteiger partial charge in [-0.2, -0.15) is 9.97 Å². The summed E-state index contributed by atoms with van der Waals surface area (Å²) in [5.41, 5.74) is 0.941. The Bertz CT molecular complexity index is 1610. The number of hydrogen-bond donors (Lipinski definition) is 2. The lowest BCUT2D eigenvalue weighted by Crippen LogP contribution is -2.43. The van der Waals surface area contributed by atoms with Crippen LogP contribution in [0, 0.1) is 17.7 Å². The number of phenolic OH excluding ortho intramolecular Hbond substituents is 1. The molecule has 4 fully saturated rings. The monoisotopic (exact) mass is 540 g/mol. The number of nitrogens with zero attached hydrogens (tertiary/aromatic N) is 5. The topological polar surface area (TPSA) is 86.6 Å². The predicted octanol–water partition coefficient (Wildman–Crippen LogP) is 4.35. The molecule has 2 N–H and O–H groups in total. The molecule has 8 rings (SSSR count). The second-order valence-corrected chi connectivity index (χ2v) is 12.0. The molecular weight excluding hydrogens is 507 g/mol. The Hall–Kier alpha value is -3.56. The van der Waals surface area contributed by atoms with E-state index >= 15 is 4.39 Å². The molecule has 0 spiro atoms. The Morgan fingerprint density at radius 2 is 1.80 bits per heavy atom. The molecule has 0 radical (unpaired) electrons. The Labute approximate surface area is 232 Å². The average molecular weight is 541 g/mol. The minimum Gasteiger partial charge on any atom is -0.508 e. The molecule has 9 heteroatoms. The van der Waals surface area contributed by atoms with Gasteiger partial charge in [-0.15, -0.1) is 0 Å². The largest absolute Gasteiger partial charge is 0.508 e. The number of hydrogen-bond acceptors (Lipinski definition) is 8. The first kappa shape index (κ1) is 24.3. The van der Waals surface area contributed by atoms with Crippen molar-refractivity contribution in [1.82, 2.24) is 25.2 Å². The van der Waals surface area contributed by atoms with Gasteiger partial charge in [0.25, 0.3) is 0 Å².